The van der Waals surface area contributed by atoms with Crippen molar-refractivity contribution in [1.29, 1.82) is 0 Å². The van der Waals surface area contributed by atoms with Crippen LogP contribution in [0.25, 0.3) is 0 Å². The van der Waals surface area contributed by atoms with Crippen LogP contribution in [-0.4, -0.2) is 33.2 Å². The molecule has 0 aliphatic heterocycles. The molecular weight excluding hydrogens is 500 g/mol. The third-order valence-corrected chi connectivity index (χ3v) is 7.70. The van der Waals surface area contributed by atoms with Gasteiger partial charge in [-0.3, -0.25) is 9.10 Å². The van der Waals surface area contributed by atoms with Crippen molar-refractivity contribution in [1.82, 2.24) is 5.32 Å². The minimum atomic E-state index is -3.90. The van der Waals surface area contributed by atoms with Crippen LogP contribution in [0.5, 0.6) is 0 Å². The maximum absolute atomic E-state index is 13.3. The van der Waals surface area contributed by atoms with Crippen LogP contribution in [0.1, 0.15) is 11.3 Å². The highest BCUT2D eigenvalue weighted by molar-refractivity contribution is 9.10. The number of amides is 1. The van der Waals surface area contributed by atoms with E-state index < -0.39 is 10.0 Å². The summed E-state index contributed by atoms with van der Waals surface area (Å²) in [5, 5.41) is 2.80. The molecule has 0 spiro atoms. The van der Waals surface area contributed by atoms with Gasteiger partial charge < -0.3 is 9.73 Å². The number of rotatable bonds is 10. The molecule has 2 aromatic carbocycles. The molecule has 31 heavy (non-hydrogen) atoms. The molecule has 0 bridgehead atoms. The first-order chi connectivity index (χ1) is 14.9. The van der Waals surface area contributed by atoms with E-state index in [1.807, 2.05) is 19.1 Å². The Bertz CT molecular complexity index is 1080. The van der Waals surface area contributed by atoms with Crippen LogP contribution in [0, 0.1) is 6.92 Å². The van der Waals surface area contributed by atoms with Crippen molar-refractivity contribution in [3.8, 4) is 0 Å². The van der Waals surface area contributed by atoms with E-state index in [0.29, 0.717) is 18.0 Å². The zero-order chi connectivity index (χ0) is 22.3. The van der Waals surface area contributed by atoms with Gasteiger partial charge in [-0.05, 0) is 55.5 Å². The molecule has 0 fully saturated rings. The van der Waals surface area contributed by atoms with E-state index in [9.17, 15) is 13.2 Å². The zero-order valence-electron chi connectivity index (χ0n) is 17.0. The Balaban J connectivity index is 1.67. The highest BCUT2D eigenvalue weighted by Gasteiger charge is 2.27. The molecule has 0 unspecified atom stereocenters. The molecule has 1 aromatic heterocycles. The van der Waals surface area contributed by atoms with Crippen LogP contribution in [-0.2, 0) is 20.6 Å². The predicted molar refractivity (Wildman–Crippen MR) is 128 cm³/mol. The first-order valence-corrected chi connectivity index (χ1v) is 13.0. The molecule has 0 saturated heterocycles. The van der Waals surface area contributed by atoms with Crippen molar-refractivity contribution in [2.24, 2.45) is 0 Å². The Labute approximate surface area is 195 Å². The zero-order valence-corrected chi connectivity index (χ0v) is 20.2. The SMILES string of the molecule is Cc1ccc(S(=O)(=O)N(CC(=O)NCCSCc2ccco2)c2ccc(Br)cc2)cc1. The van der Waals surface area contributed by atoms with Gasteiger partial charge in [-0.15, -0.1) is 0 Å². The number of hydrogen-bond acceptors (Lipinski definition) is 5. The van der Waals surface area contributed by atoms with Crippen LogP contribution < -0.4 is 9.62 Å². The maximum atomic E-state index is 13.3. The molecule has 9 heteroatoms. The van der Waals surface area contributed by atoms with Gasteiger partial charge in [-0.1, -0.05) is 33.6 Å². The second-order valence-corrected chi connectivity index (χ2v) is 10.7. The summed E-state index contributed by atoms with van der Waals surface area (Å²) in [5.41, 5.74) is 1.38. The number of sulfonamides is 1. The minimum Gasteiger partial charge on any atom is -0.468 e. The Morgan fingerprint density at radius 3 is 2.45 bits per heavy atom. The summed E-state index contributed by atoms with van der Waals surface area (Å²) in [6.07, 6.45) is 1.63. The van der Waals surface area contributed by atoms with Crippen molar-refractivity contribution < 1.29 is 17.6 Å². The normalized spacial score (nSPS) is 11.3. The Kier molecular flexibility index (Phi) is 8.22. The summed E-state index contributed by atoms with van der Waals surface area (Å²) in [6, 6.07) is 17.2. The van der Waals surface area contributed by atoms with Crippen LogP contribution in [0.3, 0.4) is 0 Å². The smallest absolute Gasteiger partial charge is 0.264 e. The average molecular weight is 523 g/mol. The van der Waals surface area contributed by atoms with E-state index in [2.05, 4.69) is 21.2 Å². The molecule has 0 saturated carbocycles. The van der Waals surface area contributed by atoms with E-state index >= 15 is 0 Å². The van der Waals surface area contributed by atoms with Gasteiger partial charge in [-0.2, -0.15) is 11.8 Å². The lowest BCUT2D eigenvalue weighted by molar-refractivity contribution is -0.119. The molecule has 0 aliphatic carbocycles. The topological polar surface area (TPSA) is 79.6 Å². The first kappa shape index (κ1) is 23.4. The monoisotopic (exact) mass is 522 g/mol. The molecule has 1 N–H and O–H groups in total. The quantitative estimate of drug-likeness (QED) is 0.393. The fourth-order valence-electron chi connectivity index (χ4n) is 2.78. The third kappa shape index (κ3) is 6.62. The fraction of sp³-hybridized carbons (Fsp3) is 0.227. The number of aryl methyl sites for hydroxylation is 1. The molecule has 0 radical (unpaired) electrons. The van der Waals surface area contributed by atoms with Crippen molar-refractivity contribution in [2.75, 3.05) is 23.1 Å². The lowest BCUT2D eigenvalue weighted by Gasteiger charge is -2.24. The number of thioether (sulfide) groups is 1. The van der Waals surface area contributed by atoms with Crippen LogP contribution in [0.15, 0.2) is 80.7 Å². The summed E-state index contributed by atoms with van der Waals surface area (Å²) in [4.78, 5) is 12.7. The van der Waals surface area contributed by atoms with Gasteiger partial charge in [0, 0.05) is 16.8 Å². The van der Waals surface area contributed by atoms with Crippen molar-refractivity contribution in [2.45, 2.75) is 17.6 Å². The van der Waals surface area contributed by atoms with Crippen molar-refractivity contribution >= 4 is 49.3 Å². The minimum absolute atomic E-state index is 0.142. The van der Waals surface area contributed by atoms with Gasteiger partial charge in [-0.25, -0.2) is 8.42 Å². The number of nitrogens with zero attached hydrogens (tertiary/aromatic N) is 1. The summed E-state index contributed by atoms with van der Waals surface area (Å²) in [5.74, 6) is 1.92. The number of hydrogen-bond donors (Lipinski definition) is 1. The number of anilines is 1. The third-order valence-electron chi connectivity index (χ3n) is 4.40. The first-order valence-electron chi connectivity index (χ1n) is 9.58. The highest BCUT2D eigenvalue weighted by atomic mass is 79.9. The second kappa shape index (κ2) is 10.9. The van der Waals surface area contributed by atoms with E-state index in [4.69, 9.17) is 4.42 Å². The number of furan rings is 1. The Hall–Kier alpha value is -2.23. The highest BCUT2D eigenvalue weighted by Crippen LogP contribution is 2.25. The molecule has 1 amide bonds. The summed E-state index contributed by atoms with van der Waals surface area (Å²) in [6.45, 7) is 2.02. The number of nitrogens with one attached hydrogen (secondary N) is 1. The molecule has 1 heterocycles. The van der Waals surface area contributed by atoms with E-state index in [-0.39, 0.29) is 17.3 Å². The number of carbonyl (C=O) groups excluding carboxylic acids is 1. The lowest BCUT2D eigenvalue weighted by atomic mass is 10.2. The average Bonchev–Trinajstić information content (AvgIpc) is 3.26. The summed E-state index contributed by atoms with van der Waals surface area (Å²) >= 11 is 4.98. The van der Waals surface area contributed by atoms with Gasteiger partial charge in [0.25, 0.3) is 10.0 Å². The molecule has 3 aromatic rings. The van der Waals surface area contributed by atoms with Gasteiger partial charge in [0.1, 0.15) is 12.3 Å². The van der Waals surface area contributed by atoms with Gasteiger partial charge >= 0.3 is 0 Å². The largest absolute Gasteiger partial charge is 0.468 e. The molecule has 164 valence electrons. The Morgan fingerprint density at radius 2 is 1.81 bits per heavy atom. The molecule has 6 nitrogen and oxygen atoms in total. The molecular formula is C22H23BrN2O4S2. The summed E-state index contributed by atoms with van der Waals surface area (Å²) in [7, 11) is -3.90. The number of carbonyl (C=O) groups is 1. The molecule has 3 rings (SSSR count). The lowest BCUT2D eigenvalue weighted by Crippen LogP contribution is -2.41. The van der Waals surface area contributed by atoms with E-state index in [0.717, 1.165) is 25.9 Å². The molecule has 0 aliphatic rings. The summed E-state index contributed by atoms with van der Waals surface area (Å²) < 4.78 is 33.8. The van der Waals surface area contributed by atoms with Crippen molar-refractivity contribution in [3.63, 3.8) is 0 Å². The fourth-order valence-corrected chi connectivity index (χ4v) is 5.22. The van der Waals surface area contributed by atoms with Gasteiger partial charge in [0.05, 0.1) is 22.6 Å². The predicted octanol–water partition coefficient (Wildman–Crippen LogP) is 4.60. The maximum Gasteiger partial charge on any atom is 0.264 e. The Morgan fingerprint density at radius 1 is 1.10 bits per heavy atom. The second-order valence-electron chi connectivity index (χ2n) is 6.78. The number of halogens is 1. The van der Waals surface area contributed by atoms with Crippen LogP contribution in [0.2, 0.25) is 0 Å². The van der Waals surface area contributed by atoms with E-state index in [1.54, 1.807) is 66.6 Å². The van der Waals surface area contributed by atoms with Crippen LogP contribution >= 0.6 is 27.7 Å². The van der Waals surface area contributed by atoms with Gasteiger partial charge in [0.15, 0.2) is 0 Å². The van der Waals surface area contributed by atoms with Crippen LogP contribution in [0.4, 0.5) is 5.69 Å². The van der Waals surface area contributed by atoms with Crippen molar-refractivity contribution in [3.05, 3.63) is 82.7 Å². The van der Waals surface area contributed by atoms with Gasteiger partial charge in [0.2, 0.25) is 5.91 Å². The molecule has 0 atom stereocenters. The van der Waals surface area contributed by atoms with E-state index in [1.165, 1.54) is 0 Å². The number of benzene rings is 2. The standard InChI is InChI=1S/C22H23BrN2O4S2/c1-17-4-10-21(11-5-17)31(27,28)25(19-8-6-18(23)7-9-19)15-22(26)24-12-14-30-16-20-3-2-13-29-20/h2-11,13H,12,14-16H2,1H3,(H,24,26).